The van der Waals surface area contributed by atoms with Crippen LogP contribution >= 0.6 is 0 Å². The van der Waals surface area contributed by atoms with Gasteiger partial charge in [-0.25, -0.2) is 0 Å². The maximum atomic E-state index is 9.45. The van der Waals surface area contributed by atoms with E-state index in [1.54, 1.807) is 37.3 Å². The van der Waals surface area contributed by atoms with E-state index >= 15 is 0 Å². The fraction of sp³-hybridized carbons (Fsp3) is 0.231. The molecule has 0 spiro atoms. The molecule has 1 aromatic rings. The highest BCUT2D eigenvalue weighted by Crippen LogP contribution is 2.28. The van der Waals surface area contributed by atoms with Crippen LogP contribution in [-0.4, -0.2) is 12.2 Å². The molecule has 1 rings (SSSR count). The summed E-state index contributed by atoms with van der Waals surface area (Å²) in [4.78, 5) is 0. The topological polar surface area (TPSA) is 89.1 Å². The molecule has 1 atom stereocenters. The van der Waals surface area contributed by atoms with Gasteiger partial charge in [0, 0.05) is 6.20 Å². The second kappa shape index (κ2) is 6.29. The summed E-state index contributed by atoms with van der Waals surface area (Å²) in [6.07, 6.45) is 0.720. The fourth-order valence-electron chi connectivity index (χ4n) is 1.33. The van der Waals surface area contributed by atoms with E-state index in [4.69, 9.17) is 15.3 Å². The van der Waals surface area contributed by atoms with Crippen LogP contribution in [0, 0.1) is 22.7 Å². The molecule has 0 aliphatic rings. The van der Waals surface area contributed by atoms with Crippen LogP contribution in [0.15, 0.2) is 30.0 Å². The smallest absolute Gasteiger partial charge is 0.145 e. The molecule has 0 amide bonds. The van der Waals surface area contributed by atoms with Gasteiger partial charge in [-0.1, -0.05) is 6.07 Å². The van der Waals surface area contributed by atoms with Gasteiger partial charge in [0.25, 0.3) is 0 Å². The van der Waals surface area contributed by atoms with Gasteiger partial charge in [-0.3, -0.25) is 0 Å². The highest BCUT2D eigenvalue weighted by Gasteiger charge is 2.07. The van der Waals surface area contributed by atoms with Gasteiger partial charge in [-0.15, -0.1) is 0 Å². The summed E-state index contributed by atoms with van der Waals surface area (Å²) >= 11 is 0. The van der Waals surface area contributed by atoms with Crippen LogP contribution in [0.4, 0.5) is 5.69 Å². The predicted molar refractivity (Wildman–Crippen MR) is 66.6 cm³/mol. The van der Waals surface area contributed by atoms with E-state index < -0.39 is 6.10 Å². The fourth-order valence-corrected chi connectivity index (χ4v) is 1.33. The minimum absolute atomic E-state index is 0.0309. The highest BCUT2D eigenvalue weighted by molar-refractivity contribution is 5.60. The van der Waals surface area contributed by atoms with Crippen molar-refractivity contribution < 1.29 is 9.84 Å². The molecule has 2 N–H and O–H groups in total. The van der Waals surface area contributed by atoms with Crippen LogP contribution in [0.5, 0.6) is 5.75 Å². The van der Waals surface area contributed by atoms with Gasteiger partial charge in [-0.2, -0.15) is 10.5 Å². The lowest BCUT2D eigenvalue weighted by atomic mass is 10.1. The van der Waals surface area contributed by atoms with Crippen LogP contribution in [0.1, 0.15) is 18.6 Å². The number of benzene rings is 1. The maximum Gasteiger partial charge on any atom is 0.145 e. The van der Waals surface area contributed by atoms with Crippen molar-refractivity contribution in [1.82, 2.24) is 0 Å². The molecule has 0 aliphatic carbocycles. The summed E-state index contributed by atoms with van der Waals surface area (Å²) in [6, 6.07) is 8.64. The van der Waals surface area contributed by atoms with E-state index in [0.717, 1.165) is 5.56 Å². The standard InChI is InChI=1S/C13H13N3O2/c1-9(17)11-3-4-12(13(5-11)18-2)16-8-10(6-14)7-15/h3-5,8-9,16-17H,1-2H3. The first-order chi connectivity index (χ1) is 8.62. The number of nitrogens with one attached hydrogen (secondary N) is 1. The van der Waals surface area contributed by atoms with E-state index in [0.29, 0.717) is 11.4 Å². The summed E-state index contributed by atoms with van der Waals surface area (Å²) in [5.74, 6) is 0.528. The Morgan fingerprint density at radius 1 is 1.44 bits per heavy atom. The number of ether oxygens (including phenoxy) is 1. The van der Waals surface area contributed by atoms with Crippen molar-refractivity contribution in [2.24, 2.45) is 0 Å². The molecule has 0 bridgehead atoms. The number of anilines is 1. The molecule has 1 aromatic carbocycles. The lowest BCUT2D eigenvalue weighted by molar-refractivity contribution is 0.199. The molecule has 0 saturated carbocycles. The Labute approximate surface area is 106 Å². The summed E-state index contributed by atoms with van der Waals surface area (Å²) in [7, 11) is 1.51. The van der Waals surface area contributed by atoms with E-state index in [2.05, 4.69) is 5.32 Å². The summed E-state index contributed by atoms with van der Waals surface area (Å²) in [6.45, 7) is 1.66. The number of allylic oxidation sites excluding steroid dienone is 1. The molecule has 0 aromatic heterocycles. The molecule has 0 fully saturated rings. The summed E-state index contributed by atoms with van der Waals surface area (Å²) < 4.78 is 5.17. The van der Waals surface area contributed by atoms with Crippen molar-refractivity contribution in [2.75, 3.05) is 12.4 Å². The molecule has 0 aliphatic heterocycles. The SMILES string of the molecule is COc1cc(C(C)O)ccc1NC=C(C#N)C#N. The highest BCUT2D eigenvalue weighted by atomic mass is 16.5. The van der Waals surface area contributed by atoms with Crippen molar-refractivity contribution in [3.05, 3.63) is 35.5 Å². The van der Waals surface area contributed by atoms with Gasteiger partial charge in [0.15, 0.2) is 0 Å². The number of hydrogen-bond acceptors (Lipinski definition) is 5. The monoisotopic (exact) mass is 243 g/mol. The molecule has 5 nitrogen and oxygen atoms in total. The Bertz CT molecular complexity index is 520. The number of methoxy groups -OCH3 is 1. The average Bonchev–Trinajstić information content (AvgIpc) is 2.39. The number of nitriles is 2. The minimum Gasteiger partial charge on any atom is -0.495 e. The largest absolute Gasteiger partial charge is 0.495 e. The third kappa shape index (κ3) is 3.24. The third-order valence-electron chi connectivity index (χ3n) is 2.32. The molecular formula is C13H13N3O2. The molecule has 0 saturated heterocycles. The van der Waals surface area contributed by atoms with Gasteiger partial charge >= 0.3 is 0 Å². The van der Waals surface area contributed by atoms with Crippen molar-refractivity contribution in [1.29, 1.82) is 10.5 Å². The summed E-state index contributed by atoms with van der Waals surface area (Å²) in [5, 5.41) is 29.5. The van der Waals surface area contributed by atoms with Crippen LogP contribution in [-0.2, 0) is 0 Å². The molecule has 0 radical (unpaired) electrons. The number of aliphatic hydroxyl groups excluding tert-OH is 1. The van der Waals surface area contributed by atoms with Gasteiger partial charge in [0.2, 0.25) is 0 Å². The maximum absolute atomic E-state index is 9.45. The molecule has 1 unspecified atom stereocenters. The molecule has 18 heavy (non-hydrogen) atoms. The van der Waals surface area contributed by atoms with Gasteiger partial charge in [0.1, 0.15) is 23.5 Å². The van der Waals surface area contributed by atoms with Crippen molar-refractivity contribution in [3.63, 3.8) is 0 Å². The van der Waals surface area contributed by atoms with Gasteiger partial charge in [0.05, 0.1) is 18.9 Å². The zero-order valence-electron chi connectivity index (χ0n) is 10.1. The van der Waals surface area contributed by atoms with Crippen LogP contribution < -0.4 is 10.1 Å². The predicted octanol–water partition coefficient (Wildman–Crippen LogP) is 2.09. The Balaban J connectivity index is 3.01. The third-order valence-corrected chi connectivity index (χ3v) is 2.32. The van der Waals surface area contributed by atoms with Gasteiger partial charge < -0.3 is 15.2 Å². The first kappa shape index (κ1) is 13.6. The first-order valence-corrected chi connectivity index (χ1v) is 5.25. The van der Waals surface area contributed by atoms with Gasteiger partial charge in [-0.05, 0) is 24.6 Å². The second-order valence-electron chi connectivity index (χ2n) is 3.56. The van der Waals surface area contributed by atoms with Crippen molar-refractivity contribution in [3.8, 4) is 17.9 Å². The Morgan fingerprint density at radius 3 is 2.61 bits per heavy atom. The lowest BCUT2D eigenvalue weighted by Gasteiger charge is -2.11. The second-order valence-corrected chi connectivity index (χ2v) is 3.56. The average molecular weight is 243 g/mol. The van der Waals surface area contributed by atoms with Crippen molar-refractivity contribution >= 4 is 5.69 Å². The quantitative estimate of drug-likeness (QED) is 0.790. The van der Waals surface area contributed by atoms with Crippen molar-refractivity contribution in [2.45, 2.75) is 13.0 Å². The van der Waals surface area contributed by atoms with E-state index in [9.17, 15) is 5.11 Å². The van der Waals surface area contributed by atoms with Crippen LogP contribution in [0.3, 0.4) is 0 Å². The number of nitrogens with zero attached hydrogens (tertiary/aromatic N) is 2. The zero-order valence-corrected chi connectivity index (χ0v) is 10.1. The van der Waals surface area contributed by atoms with Crippen LogP contribution in [0.25, 0.3) is 0 Å². The van der Waals surface area contributed by atoms with E-state index in [1.807, 2.05) is 0 Å². The number of rotatable bonds is 4. The number of hydrogen-bond donors (Lipinski definition) is 2. The van der Waals surface area contributed by atoms with E-state index in [1.165, 1.54) is 13.3 Å². The Hall–Kier alpha value is -2.50. The summed E-state index contributed by atoms with van der Waals surface area (Å²) in [5.41, 5.74) is 1.31. The molecule has 5 heteroatoms. The Kier molecular flexibility index (Phi) is 4.74. The first-order valence-electron chi connectivity index (χ1n) is 5.25. The normalized spacial score (nSPS) is 10.7. The Morgan fingerprint density at radius 2 is 2.11 bits per heavy atom. The zero-order chi connectivity index (χ0) is 13.5. The lowest BCUT2D eigenvalue weighted by Crippen LogP contribution is -1.97. The van der Waals surface area contributed by atoms with E-state index in [-0.39, 0.29) is 5.57 Å². The molecule has 92 valence electrons. The molecular weight excluding hydrogens is 230 g/mol. The minimum atomic E-state index is -0.586. The van der Waals surface area contributed by atoms with Crippen LogP contribution in [0.2, 0.25) is 0 Å². The number of aliphatic hydroxyl groups is 1. The molecule has 0 heterocycles.